The van der Waals surface area contributed by atoms with E-state index in [1.807, 2.05) is 0 Å². The number of hydrogen-bond acceptors (Lipinski definition) is 5. The maximum atomic E-state index is 12.0. The van der Waals surface area contributed by atoms with Crippen molar-refractivity contribution in [2.75, 3.05) is 19.8 Å². The number of aryl methyl sites for hydroxylation is 1. The fourth-order valence-electron chi connectivity index (χ4n) is 1.69. The van der Waals surface area contributed by atoms with Crippen molar-refractivity contribution in [3.05, 3.63) is 11.3 Å². The summed E-state index contributed by atoms with van der Waals surface area (Å²) in [5, 5.41) is 15.3. The van der Waals surface area contributed by atoms with E-state index in [0.29, 0.717) is 30.4 Å². The molecule has 1 aliphatic rings. The summed E-state index contributed by atoms with van der Waals surface area (Å²) in [6.45, 7) is 2.54. The Morgan fingerprint density at radius 3 is 2.89 bits per heavy atom. The molecule has 0 amide bonds. The van der Waals surface area contributed by atoms with Crippen LogP contribution in [0.4, 0.5) is 0 Å². The van der Waals surface area contributed by atoms with Gasteiger partial charge in [-0.15, -0.1) is 0 Å². The molecular weight excluding hydrogens is 270 g/mol. The van der Waals surface area contributed by atoms with Crippen molar-refractivity contribution in [2.45, 2.75) is 31.4 Å². The lowest BCUT2D eigenvalue weighted by Crippen LogP contribution is -2.28. The molecule has 1 saturated carbocycles. The number of nitrogens with zero attached hydrogens (tertiary/aromatic N) is 1. The number of ether oxygens (including phenoxy) is 1. The van der Waals surface area contributed by atoms with E-state index in [1.54, 1.807) is 6.92 Å². The van der Waals surface area contributed by atoms with Gasteiger partial charge in [-0.2, -0.15) is 5.10 Å². The fourth-order valence-corrected chi connectivity index (χ4v) is 2.89. The van der Waals surface area contributed by atoms with Gasteiger partial charge in [0.25, 0.3) is 10.0 Å². The summed E-state index contributed by atoms with van der Waals surface area (Å²) in [4.78, 5) is 0. The van der Waals surface area contributed by atoms with E-state index in [2.05, 4.69) is 14.9 Å². The van der Waals surface area contributed by atoms with Gasteiger partial charge in [0, 0.05) is 24.4 Å². The lowest BCUT2D eigenvalue weighted by molar-refractivity contribution is 0.129. The fraction of sp³-hybridized carbons (Fsp3) is 0.727. The van der Waals surface area contributed by atoms with Crippen molar-refractivity contribution in [1.29, 1.82) is 0 Å². The van der Waals surface area contributed by atoms with E-state index in [4.69, 9.17) is 9.84 Å². The largest absolute Gasteiger partial charge is 0.392 e. The van der Waals surface area contributed by atoms with Crippen LogP contribution in [0.15, 0.2) is 5.03 Å². The molecule has 1 fully saturated rings. The minimum Gasteiger partial charge on any atom is -0.392 e. The summed E-state index contributed by atoms with van der Waals surface area (Å²) in [7, 11) is -3.70. The standard InChI is InChI=1S/C11H19N3O4S/c1-8-10(6-15)11(14-13-8)19(16,17)12-4-5-18-7-9-2-3-9/h9,12,15H,2-7H2,1H3,(H,13,14). The van der Waals surface area contributed by atoms with Gasteiger partial charge >= 0.3 is 0 Å². The first-order chi connectivity index (χ1) is 9.04. The average Bonchev–Trinajstić information content (AvgIpc) is 3.10. The van der Waals surface area contributed by atoms with Crippen molar-refractivity contribution in [2.24, 2.45) is 5.92 Å². The maximum Gasteiger partial charge on any atom is 0.260 e. The second-order valence-electron chi connectivity index (χ2n) is 4.71. The number of sulfonamides is 1. The first kappa shape index (κ1) is 14.4. The molecule has 1 aromatic rings. The molecule has 0 unspecified atom stereocenters. The highest BCUT2D eigenvalue weighted by atomic mass is 32.2. The number of nitrogens with one attached hydrogen (secondary N) is 2. The Balaban J connectivity index is 1.86. The third-order valence-electron chi connectivity index (χ3n) is 3.04. The molecule has 0 spiro atoms. The van der Waals surface area contributed by atoms with Crippen LogP contribution in [-0.4, -0.2) is 43.5 Å². The number of H-pyrrole nitrogens is 1. The van der Waals surface area contributed by atoms with Gasteiger partial charge < -0.3 is 9.84 Å². The van der Waals surface area contributed by atoms with Gasteiger partial charge in [-0.3, -0.25) is 5.10 Å². The van der Waals surface area contributed by atoms with Crippen LogP contribution in [0, 0.1) is 12.8 Å². The molecule has 8 heteroatoms. The number of rotatable bonds is 8. The molecule has 0 saturated heterocycles. The number of hydrogen-bond donors (Lipinski definition) is 3. The molecule has 0 atom stereocenters. The summed E-state index contributed by atoms with van der Waals surface area (Å²) in [6.07, 6.45) is 2.41. The van der Waals surface area contributed by atoms with E-state index >= 15 is 0 Å². The highest BCUT2D eigenvalue weighted by Gasteiger charge is 2.23. The molecule has 1 aliphatic carbocycles. The van der Waals surface area contributed by atoms with Crippen LogP contribution < -0.4 is 4.72 Å². The molecular formula is C11H19N3O4S. The highest BCUT2D eigenvalue weighted by molar-refractivity contribution is 7.89. The van der Waals surface area contributed by atoms with Gasteiger partial charge in [-0.05, 0) is 25.7 Å². The molecule has 1 heterocycles. The lowest BCUT2D eigenvalue weighted by Gasteiger charge is -2.06. The normalized spacial score (nSPS) is 15.9. The Kier molecular flexibility index (Phi) is 4.56. The third-order valence-corrected chi connectivity index (χ3v) is 4.47. The predicted octanol–water partition coefficient (Wildman–Crippen LogP) is -0.0847. The van der Waals surface area contributed by atoms with Crippen molar-refractivity contribution < 1.29 is 18.3 Å². The molecule has 108 valence electrons. The summed E-state index contributed by atoms with van der Waals surface area (Å²) in [5.41, 5.74) is 0.847. The Morgan fingerprint density at radius 1 is 1.53 bits per heavy atom. The van der Waals surface area contributed by atoms with Crippen LogP contribution in [0.3, 0.4) is 0 Å². The molecule has 0 aromatic carbocycles. The first-order valence-electron chi connectivity index (χ1n) is 6.26. The van der Waals surface area contributed by atoms with Crippen LogP contribution in [-0.2, 0) is 21.4 Å². The predicted molar refractivity (Wildman–Crippen MR) is 68.0 cm³/mol. The van der Waals surface area contributed by atoms with Crippen LogP contribution in [0.2, 0.25) is 0 Å². The minimum atomic E-state index is -3.70. The van der Waals surface area contributed by atoms with Crippen LogP contribution in [0.1, 0.15) is 24.1 Å². The van der Waals surface area contributed by atoms with E-state index < -0.39 is 10.0 Å². The molecule has 0 bridgehead atoms. The Bertz CT molecular complexity index is 522. The highest BCUT2D eigenvalue weighted by Crippen LogP contribution is 2.28. The molecule has 7 nitrogen and oxygen atoms in total. The number of aromatic amines is 1. The van der Waals surface area contributed by atoms with Gasteiger partial charge in [0.15, 0.2) is 5.03 Å². The summed E-state index contributed by atoms with van der Waals surface area (Å²) >= 11 is 0. The summed E-state index contributed by atoms with van der Waals surface area (Å²) in [6, 6.07) is 0. The monoisotopic (exact) mass is 289 g/mol. The van der Waals surface area contributed by atoms with Gasteiger partial charge in [0.05, 0.1) is 13.2 Å². The number of aliphatic hydroxyl groups is 1. The molecule has 19 heavy (non-hydrogen) atoms. The van der Waals surface area contributed by atoms with Crippen LogP contribution in [0.5, 0.6) is 0 Å². The lowest BCUT2D eigenvalue weighted by atomic mass is 10.3. The Labute approximate surface area is 112 Å². The van der Waals surface area contributed by atoms with Crippen molar-refractivity contribution in [1.82, 2.24) is 14.9 Å². The minimum absolute atomic E-state index is 0.144. The topological polar surface area (TPSA) is 104 Å². The molecule has 0 aliphatic heterocycles. The SMILES string of the molecule is Cc1[nH]nc(S(=O)(=O)NCCOCC2CC2)c1CO. The molecule has 0 radical (unpaired) electrons. The van der Waals surface area contributed by atoms with Crippen molar-refractivity contribution in [3.8, 4) is 0 Å². The average molecular weight is 289 g/mol. The third kappa shape index (κ3) is 3.75. The van der Waals surface area contributed by atoms with E-state index in [9.17, 15) is 8.42 Å². The summed E-state index contributed by atoms with van der Waals surface area (Å²) < 4.78 is 31.7. The van der Waals surface area contributed by atoms with Crippen molar-refractivity contribution >= 4 is 10.0 Å². The first-order valence-corrected chi connectivity index (χ1v) is 7.75. The van der Waals surface area contributed by atoms with Gasteiger partial charge in [0.2, 0.25) is 0 Å². The second-order valence-corrected chi connectivity index (χ2v) is 6.39. The van der Waals surface area contributed by atoms with E-state index in [0.717, 1.165) is 0 Å². The zero-order valence-corrected chi connectivity index (χ0v) is 11.7. The van der Waals surface area contributed by atoms with Crippen LogP contribution in [0.25, 0.3) is 0 Å². The van der Waals surface area contributed by atoms with Gasteiger partial charge in [0.1, 0.15) is 0 Å². The smallest absolute Gasteiger partial charge is 0.260 e. The quantitative estimate of drug-likeness (QED) is 0.580. The van der Waals surface area contributed by atoms with Crippen LogP contribution >= 0.6 is 0 Å². The van der Waals surface area contributed by atoms with Crippen molar-refractivity contribution in [3.63, 3.8) is 0 Å². The number of aliphatic hydroxyl groups excluding tert-OH is 1. The Morgan fingerprint density at radius 2 is 2.26 bits per heavy atom. The Hall–Kier alpha value is -0.960. The zero-order valence-electron chi connectivity index (χ0n) is 10.8. The summed E-state index contributed by atoms with van der Waals surface area (Å²) in [5.74, 6) is 0.659. The van der Waals surface area contributed by atoms with E-state index in [-0.39, 0.29) is 18.2 Å². The van der Waals surface area contributed by atoms with E-state index in [1.165, 1.54) is 12.8 Å². The molecule has 1 aromatic heterocycles. The zero-order chi connectivity index (χ0) is 13.9. The van der Waals surface area contributed by atoms with Gasteiger partial charge in [-0.25, -0.2) is 13.1 Å². The maximum absolute atomic E-state index is 12.0. The molecule has 3 N–H and O–H groups in total. The molecule has 2 rings (SSSR count). The number of aromatic nitrogens is 2. The second kappa shape index (κ2) is 6.00. The van der Waals surface area contributed by atoms with Gasteiger partial charge in [-0.1, -0.05) is 0 Å².